The molecule has 0 atom stereocenters. The Morgan fingerprint density at radius 3 is 2.47 bits per heavy atom. The standard InChI is InChI=1S/C22H23F3N6O/c1-13-6-17(31-11-18(12-31)30-2-4-32-5-3-30)10-19(20(13)25)26-22-27-21(28-29-22)14-7-15(23)9-16(24)8-14/h6-10,18H,2-5,11-12H2,1H3,(H2,26,27,28,29). The highest BCUT2D eigenvalue weighted by molar-refractivity contribution is 5.66. The molecule has 168 valence electrons. The number of morpholine rings is 1. The molecule has 0 aliphatic carbocycles. The van der Waals surface area contributed by atoms with Gasteiger partial charge in [-0.3, -0.25) is 10.00 Å². The molecule has 3 heterocycles. The summed E-state index contributed by atoms with van der Waals surface area (Å²) in [6.45, 7) is 6.87. The molecule has 10 heteroatoms. The lowest BCUT2D eigenvalue weighted by Gasteiger charge is -2.47. The van der Waals surface area contributed by atoms with E-state index in [4.69, 9.17) is 4.74 Å². The molecule has 7 nitrogen and oxygen atoms in total. The minimum atomic E-state index is -0.717. The highest BCUT2D eigenvalue weighted by atomic mass is 19.1. The summed E-state index contributed by atoms with van der Waals surface area (Å²) in [5.74, 6) is -1.55. The normalized spacial score (nSPS) is 17.4. The van der Waals surface area contributed by atoms with E-state index in [0.29, 0.717) is 11.6 Å². The first-order valence-electron chi connectivity index (χ1n) is 10.5. The first-order valence-corrected chi connectivity index (χ1v) is 10.5. The van der Waals surface area contributed by atoms with Crippen molar-refractivity contribution in [2.75, 3.05) is 49.6 Å². The summed E-state index contributed by atoms with van der Waals surface area (Å²) in [4.78, 5) is 8.84. The van der Waals surface area contributed by atoms with E-state index in [1.807, 2.05) is 6.07 Å². The summed E-state index contributed by atoms with van der Waals surface area (Å²) >= 11 is 0. The summed E-state index contributed by atoms with van der Waals surface area (Å²) in [6, 6.07) is 7.11. The number of nitrogens with zero attached hydrogens (tertiary/aromatic N) is 4. The van der Waals surface area contributed by atoms with E-state index in [9.17, 15) is 13.2 Å². The monoisotopic (exact) mass is 444 g/mol. The van der Waals surface area contributed by atoms with Gasteiger partial charge in [0, 0.05) is 49.5 Å². The number of rotatable bonds is 5. The zero-order chi connectivity index (χ0) is 22.2. The maximum atomic E-state index is 14.8. The van der Waals surface area contributed by atoms with Crippen LogP contribution in [0, 0.1) is 24.4 Å². The number of H-pyrrole nitrogens is 1. The van der Waals surface area contributed by atoms with Gasteiger partial charge in [-0.1, -0.05) is 0 Å². The summed E-state index contributed by atoms with van der Waals surface area (Å²) < 4.78 is 47.2. The van der Waals surface area contributed by atoms with E-state index < -0.39 is 17.5 Å². The van der Waals surface area contributed by atoms with Crippen molar-refractivity contribution >= 4 is 17.3 Å². The smallest absolute Gasteiger partial charge is 0.246 e. The number of aromatic nitrogens is 3. The zero-order valence-electron chi connectivity index (χ0n) is 17.5. The number of benzene rings is 2. The topological polar surface area (TPSA) is 69.3 Å². The fourth-order valence-corrected chi connectivity index (χ4v) is 4.12. The Morgan fingerprint density at radius 1 is 1.03 bits per heavy atom. The minimum Gasteiger partial charge on any atom is -0.379 e. The molecule has 0 saturated carbocycles. The Balaban J connectivity index is 1.31. The summed E-state index contributed by atoms with van der Waals surface area (Å²) in [6.07, 6.45) is 0. The molecule has 2 N–H and O–H groups in total. The van der Waals surface area contributed by atoms with Gasteiger partial charge in [-0.05, 0) is 36.8 Å². The predicted octanol–water partition coefficient (Wildman–Crippen LogP) is 3.46. The van der Waals surface area contributed by atoms with E-state index in [1.165, 1.54) is 0 Å². The Morgan fingerprint density at radius 2 is 1.75 bits per heavy atom. The average molecular weight is 444 g/mol. The number of aromatic amines is 1. The lowest BCUT2D eigenvalue weighted by molar-refractivity contribution is 0.0105. The molecule has 0 amide bonds. The number of anilines is 3. The molecule has 32 heavy (non-hydrogen) atoms. The van der Waals surface area contributed by atoms with Crippen molar-refractivity contribution in [2.45, 2.75) is 13.0 Å². The molecule has 2 aliphatic rings. The second-order valence-electron chi connectivity index (χ2n) is 8.12. The number of hydrogen-bond acceptors (Lipinski definition) is 6. The SMILES string of the molecule is Cc1cc(N2CC(N3CCOCC3)C2)cc(Nc2n[nH]c(-c3cc(F)cc(F)c3)n2)c1F. The van der Waals surface area contributed by atoms with E-state index in [0.717, 1.165) is 63.3 Å². The van der Waals surface area contributed by atoms with Crippen LogP contribution < -0.4 is 10.2 Å². The molecular formula is C22H23F3N6O. The summed E-state index contributed by atoms with van der Waals surface area (Å²) in [7, 11) is 0. The maximum absolute atomic E-state index is 14.8. The van der Waals surface area contributed by atoms with Gasteiger partial charge in [0.05, 0.1) is 18.9 Å². The van der Waals surface area contributed by atoms with E-state index in [2.05, 4.69) is 30.3 Å². The molecule has 2 saturated heterocycles. The van der Waals surface area contributed by atoms with Gasteiger partial charge < -0.3 is 15.0 Å². The van der Waals surface area contributed by atoms with Crippen molar-refractivity contribution in [1.29, 1.82) is 0 Å². The minimum absolute atomic E-state index is 0.106. The molecule has 2 aliphatic heterocycles. The molecule has 0 radical (unpaired) electrons. The first-order chi connectivity index (χ1) is 15.5. The molecule has 3 aromatic rings. The van der Waals surface area contributed by atoms with Crippen molar-refractivity contribution in [3.63, 3.8) is 0 Å². The Bertz CT molecular complexity index is 1100. The molecule has 5 rings (SSSR count). The molecular weight excluding hydrogens is 421 g/mol. The maximum Gasteiger partial charge on any atom is 0.246 e. The number of nitrogens with one attached hydrogen (secondary N) is 2. The second-order valence-corrected chi connectivity index (χ2v) is 8.12. The van der Waals surface area contributed by atoms with Crippen LogP contribution in [0.2, 0.25) is 0 Å². The molecule has 0 bridgehead atoms. The molecule has 0 unspecified atom stereocenters. The van der Waals surface area contributed by atoms with Gasteiger partial charge in [-0.15, -0.1) is 5.10 Å². The van der Waals surface area contributed by atoms with Crippen LogP contribution in [0.1, 0.15) is 5.56 Å². The van der Waals surface area contributed by atoms with E-state index in [1.54, 1.807) is 13.0 Å². The first kappa shape index (κ1) is 20.8. The molecule has 2 aromatic carbocycles. The number of hydrogen-bond donors (Lipinski definition) is 2. The predicted molar refractivity (Wildman–Crippen MR) is 115 cm³/mol. The number of halogens is 3. The second kappa shape index (κ2) is 8.44. The third-order valence-electron chi connectivity index (χ3n) is 5.90. The Kier molecular flexibility index (Phi) is 5.48. The van der Waals surface area contributed by atoms with E-state index >= 15 is 0 Å². The van der Waals surface area contributed by atoms with Crippen molar-refractivity contribution in [3.05, 3.63) is 53.3 Å². The lowest BCUT2D eigenvalue weighted by Crippen LogP contribution is -2.61. The van der Waals surface area contributed by atoms with Gasteiger partial charge in [0.2, 0.25) is 5.95 Å². The van der Waals surface area contributed by atoms with E-state index in [-0.39, 0.29) is 23.0 Å². The van der Waals surface area contributed by atoms with Gasteiger partial charge >= 0.3 is 0 Å². The highest BCUT2D eigenvalue weighted by Crippen LogP contribution is 2.32. The van der Waals surface area contributed by atoms with Gasteiger partial charge in [-0.25, -0.2) is 13.2 Å². The lowest BCUT2D eigenvalue weighted by atomic mass is 10.0. The number of aryl methyl sites for hydroxylation is 1. The van der Waals surface area contributed by atoms with Crippen LogP contribution in [0.25, 0.3) is 11.4 Å². The highest BCUT2D eigenvalue weighted by Gasteiger charge is 2.33. The van der Waals surface area contributed by atoms with Crippen LogP contribution in [-0.4, -0.2) is 65.5 Å². The zero-order valence-corrected chi connectivity index (χ0v) is 17.5. The van der Waals surface area contributed by atoms with Crippen molar-refractivity contribution in [2.24, 2.45) is 0 Å². The molecule has 2 fully saturated rings. The van der Waals surface area contributed by atoms with Crippen LogP contribution in [-0.2, 0) is 4.74 Å². The summed E-state index contributed by atoms with van der Waals surface area (Å²) in [5.41, 5.74) is 1.87. The molecule has 0 spiro atoms. The van der Waals surface area contributed by atoms with Gasteiger partial charge in [0.25, 0.3) is 0 Å². The van der Waals surface area contributed by atoms with Gasteiger partial charge in [0.1, 0.15) is 17.5 Å². The number of ether oxygens (including phenoxy) is 1. The van der Waals surface area contributed by atoms with Crippen molar-refractivity contribution in [1.82, 2.24) is 20.1 Å². The van der Waals surface area contributed by atoms with Crippen LogP contribution in [0.5, 0.6) is 0 Å². The largest absolute Gasteiger partial charge is 0.379 e. The fraction of sp³-hybridized carbons (Fsp3) is 0.364. The Labute approximate surface area is 183 Å². The molecule has 1 aromatic heterocycles. The van der Waals surface area contributed by atoms with Crippen LogP contribution in [0.4, 0.5) is 30.5 Å². The van der Waals surface area contributed by atoms with Crippen molar-refractivity contribution < 1.29 is 17.9 Å². The van der Waals surface area contributed by atoms with Crippen molar-refractivity contribution in [3.8, 4) is 11.4 Å². The van der Waals surface area contributed by atoms with Gasteiger partial charge in [0.15, 0.2) is 5.82 Å². The summed E-state index contributed by atoms with van der Waals surface area (Å²) in [5, 5.41) is 9.52. The van der Waals surface area contributed by atoms with Crippen LogP contribution >= 0.6 is 0 Å². The average Bonchev–Trinajstić information content (AvgIpc) is 3.19. The quantitative estimate of drug-likeness (QED) is 0.628. The Hall–Kier alpha value is -3.11. The third kappa shape index (κ3) is 4.15. The van der Waals surface area contributed by atoms with Crippen LogP contribution in [0.3, 0.4) is 0 Å². The third-order valence-corrected chi connectivity index (χ3v) is 5.90. The van der Waals surface area contributed by atoms with Gasteiger partial charge in [-0.2, -0.15) is 4.98 Å². The fourth-order valence-electron chi connectivity index (χ4n) is 4.12. The van der Waals surface area contributed by atoms with Crippen LogP contribution in [0.15, 0.2) is 30.3 Å².